The number of likely N-dealkylation sites (tertiary alicyclic amines) is 1. The van der Waals surface area contributed by atoms with Crippen LogP contribution >= 0.6 is 0 Å². The number of hydrogen-bond donors (Lipinski definition) is 2. The predicted octanol–water partition coefficient (Wildman–Crippen LogP) is 1.12. The molecule has 0 aromatic carbocycles. The van der Waals surface area contributed by atoms with Crippen molar-refractivity contribution in [3.05, 3.63) is 0 Å². The van der Waals surface area contributed by atoms with Crippen LogP contribution in [0.4, 0.5) is 0 Å². The third-order valence-electron chi connectivity index (χ3n) is 4.67. The zero-order valence-electron chi connectivity index (χ0n) is 11.3. The Morgan fingerprint density at radius 3 is 2.39 bits per heavy atom. The van der Waals surface area contributed by atoms with Crippen molar-refractivity contribution in [2.45, 2.75) is 57.6 Å². The van der Waals surface area contributed by atoms with E-state index in [9.17, 15) is 9.90 Å². The highest BCUT2D eigenvalue weighted by Gasteiger charge is 2.33. The number of nitrogens with two attached hydrogens (primary N) is 1. The minimum absolute atomic E-state index is 0.0434. The van der Waals surface area contributed by atoms with E-state index in [1.807, 2.05) is 11.8 Å². The topological polar surface area (TPSA) is 66.6 Å². The quantitative estimate of drug-likeness (QED) is 0.776. The van der Waals surface area contributed by atoms with E-state index < -0.39 is 0 Å². The summed E-state index contributed by atoms with van der Waals surface area (Å²) in [6.07, 6.45) is 5.83. The fraction of sp³-hybridized carbons (Fsp3) is 0.929. The van der Waals surface area contributed by atoms with Gasteiger partial charge in [-0.05, 0) is 38.5 Å². The molecule has 0 spiro atoms. The third-order valence-corrected chi connectivity index (χ3v) is 4.67. The minimum Gasteiger partial charge on any atom is -0.393 e. The molecule has 2 aliphatic rings. The average molecular weight is 254 g/mol. The SMILES string of the molecule is CC(O)C1CCN(C(=O)C2CCCCC2N)CC1. The first-order chi connectivity index (χ1) is 8.59. The van der Waals surface area contributed by atoms with Crippen molar-refractivity contribution in [3.63, 3.8) is 0 Å². The number of amides is 1. The summed E-state index contributed by atoms with van der Waals surface area (Å²) in [5, 5.41) is 9.57. The molecule has 18 heavy (non-hydrogen) atoms. The van der Waals surface area contributed by atoms with Crippen LogP contribution in [0.3, 0.4) is 0 Å². The standard InChI is InChI=1S/C14H26N2O2/c1-10(17)11-6-8-16(9-7-11)14(18)12-4-2-3-5-13(12)15/h10-13,17H,2-9,15H2,1H3. The highest BCUT2D eigenvalue weighted by atomic mass is 16.3. The molecule has 4 nitrogen and oxygen atoms in total. The molecule has 3 N–H and O–H groups in total. The molecule has 1 amide bonds. The van der Waals surface area contributed by atoms with Crippen LogP contribution in [0, 0.1) is 11.8 Å². The molecular formula is C14H26N2O2. The van der Waals surface area contributed by atoms with Crippen molar-refractivity contribution in [1.82, 2.24) is 4.90 Å². The molecule has 4 heteroatoms. The van der Waals surface area contributed by atoms with Gasteiger partial charge in [0, 0.05) is 19.1 Å². The van der Waals surface area contributed by atoms with E-state index in [0.717, 1.165) is 51.6 Å². The van der Waals surface area contributed by atoms with Gasteiger partial charge in [-0.2, -0.15) is 0 Å². The molecule has 3 atom stereocenters. The summed E-state index contributed by atoms with van der Waals surface area (Å²) in [4.78, 5) is 14.4. The van der Waals surface area contributed by atoms with Gasteiger partial charge in [0.2, 0.25) is 5.91 Å². The number of nitrogens with zero attached hydrogens (tertiary/aromatic N) is 1. The Bertz CT molecular complexity index is 286. The van der Waals surface area contributed by atoms with Crippen molar-refractivity contribution in [3.8, 4) is 0 Å². The molecule has 0 radical (unpaired) electrons. The molecule has 1 saturated carbocycles. The van der Waals surface area contributed by atoms with Crippen molar-refractivity contribution < 1.29 is 9.90 Å². The van der Waals surface area contributed by atoms with Crippen LogP contribution in [0.15, 0.2) is 0 Å². The van der Waals surface area contributed by atoms with E-state index in [0.29, 0.717) is 5.92 Å². The molecule has 3 unspecified atom stereocenters. The van der Waals surface area contributed by atoms with Crippen molar-refractivity contribution in [2.24, 2.45) is 17.6 Å². The smallest absolute Gasteiger partial charge is 0.227 e. The first kappa shape index (κ1) is 13.8. The van der Waals surface area contributed by atoms with E-state index in [1.54, 1.807) is 0 Å². The summed E-state index contributed by atoms with van der Waals surface area (Å²) in [5.41, 5.74) is 6.07. The lowest BCUT2D eigenvalue weighted by Gasteiger charge is -2.37. The third kappa shape index (κ3) is 3.04. The van der Waals surface area contributed by atoms with Gasteiger partial charge in [0.05, 0.1) is 12.0 Å². The second kappa shape index (κ2) is 6.02. The monoisotopic (exact) mass is 254 g/mol. The molecule has 104 valence electrons. The van der Waals surface area contributed by atoms with E-state index in [4.69, 9.17) is 5.73 Å². The van der Waals surface area contributed by atoms with Crippen LogP contribution in [-0.2, 0) is 4.79 Å². The fourth-order valence-corrected chi connectivity index (χ4v) is 3.30. The van der Waals surface area contributed by atoms with E-state index in [2.05, 4.69) is 0 Å². The van der Waals surface area contributed by atoms with E-state index >= 15 is 0 Å². The Morgan fingerprint density at radius 2 is 1.83 bits per heavy atom. The maximum Gasteiger partial charge on any atom is 0.227 e. The van der Waals surface area contributed by atoms with Gasteiger partial charge in [-0.25, -0.2) is 0 Å². The Labute approximate surface area is 110 Å². The lowest BCUT2D eigenvalue weighted by molar-refractivity contribution is -0.139. The molecule has 2 fully saturated rings. The van der Waals surface area contributed by atoms with Gasteiger partial charge in [0.25, 0.3) is 0 Å². The lowest BCUT2D eigenvalue weighted by atomic mass is 9.83. The van der Waals surface area contributed by atoms with Gasteiger partial charge in [0.1, 0.15) is 0 Å². The van der Waals surface area contributed by atoms with E-state index in [-0.39, 0.29) is 24.0 Å². The number of rotatable bonds is 2. The van der Waals surface area contributed by atoms with Gasteiger partial charge in [-0.1, -0.05) is 12.8 Å². The molecule has 2 rings (SSSR count). The largest absolute Gasteiger partial charge is 0.393 e. The Hall–Kier alpha value is -0.610. The number of hydrogen-bond acceptors (Lipinski definition) is 3. The van der Waals surface area contributed by atoms with Crippen LogP contribution in [-0.4, -0.2) is 41.1 Å². The van der Waals surface area contributed by atoms with Crippen molar-refractivity contribution in [2.75, 3.05) is 13.1 Å². The van der Waals surface area contributed by atoms with Gasteiger partial charge >= 0.3 is 0 Å². The minimum atomic E-state index is -0.251. The summed E-state index contributed by atoms with van der Waals surface area (Å²) in [5.74, 6) is 0.655. The zero-order valence-corrected chi connectivity index (χ0v) is 11.3. The number of carbonyl (C=O) groups is 1. The predicted molar refractivity (Wildman–Crippen MR) is 70.9 cm³/mol. The van der Waals surface area contributed by atoms with Gasteiger partial charge in [-0.3, -0.25) is 4.79 Å². The number of carbonyl (C=O) groups excluding carboxylic acids is 1. The number of piperidine rings is 1. The fourth-order valence-electron chi connectivity index (χ4n) is 3.30. The zero-order chi connectivity index (χ0) is 13.1. The molecular weight excluding hydrogens is 228 g/mol. The molecule has 0 aromatic heterocycles. The summed E-state index contributed by atoms with van der Waals surface area (Å²) < 4.78 is 0. The molecule has 1 aliphatic heterocycles. The van der Waals surface area contributed by atoms with Crippen LogP contribution in [0.1, 0.15) is 45.4 Å². The van der Waals surface area contributed by atoms with Crippen molar-refractivity contribution in [1.29, 1.82) is 0 Å². The normalized spacial score (nSPS) is 32.3. The Balaban J connectivity index is 1.87. The summed E-state index contributed by atoms with van der Waals surface area (Å²) in [6, 6.07) is 0.0562. The maximum atomic E-state index is 12.4. The first-order valence-corrected chi connectivity index (χ1v) is 7.32. The lowest BCUT2D eigenvalue weighted by Crippen LogP contribution is -2.48. The summed E-state index contributed by atoms with van der Waals surface area (Å²) >= 11 is 0. The maximum absolute atomic E-state index is 12.4. The van der Waals surface area contributed by atoms with Gasteiger partial charge in [-0.15, -0.1) is 0 Å². The molecule has 1 saturated heterocycles. The second-order valence-electron chi connectivity index (χ2n) is 5.96. The molecule has 0 bridgehead atoms. The van der Waals surface area contributed by atoms with Crippen LogP contribution in [0.5, 0.6) is 0 Å². The molecule has 0 aromatic rings. The van der Waals surface area contributed by atoms with Crippen LogP contribution in [0.25, 0.3) is 0 Å². The van der Waals surface area contributed by atoms with Gasteiger partial charge in [0.15, 0.2) is 0 Å². The summed E-state index contributed by atoms with van der Waals surface area (Å²) in [6.45, 7) is 3.43. The van der Waals surface area contributed by atoms with Crippen LogP contribution in [0.2, 0.25) is 0 Å². The highest BCUT2D eigenvalue weighted by Crippen LogP contribution is 2.27. The average Bonchev–Trinajstić information content (AvgIpc) is 2.38. The Kier molecular flexibility index (Phi) is 4.62. The number of aliphatic hydroxyl groups excluding tert-OH is 1. The molecule has 1 heterocycles. The highest BCUT2D eigenvalue weighted by molar-refractivity contribution is 5.79. The number of aliphatic hydroxyl groups is 1. The first-order valence-electron chi connectivity index (χ1n) is 7.32. The van der Waals surface area contributed by atoms with Crippen LogP contribution < -0.4 is 5.73 Å². The van der Waals surface area contributed by atoms with E-state index in [1.165, 1.54) is 0 Å². The van der Waals surface area contributed by atoms with Gasteiger partial charge < -0.3 is 15.7 Å². The van der Waals surface area contributed by atoms with Crippen molar-refractivity contribution >= 4 is 5.91 Å². The summed E-state index contributed by atoms with van der Waals surface area (Å²) in [7, 11) is 0. The molecule has 1 aliphatic carbocycles. The Morgan fingerprint density at radius 1 is 1.22 bits per heavy atom. The second-order valence-corrected chi connectivity index (χ2v) is 5.96.